The van der Waals surface area contributed by atoms with E-state index in [2.05, 4.69) is 57.3 Å². The van der Waals surface area contributed by atoms with Crippen LogP contribution in [0, 0.1) is 25.2 Å². The molecule has 16 heavy (non-hydrogen) atoms. The number of nitrogens with one attached hydrogen (secondary N) is 1. The fourth-order valence-electron chi connectivity index (χ4n) is 2.10. The number of nitrogens with zero attached hydrogens (tertiary/aromatic N) is 1. The van der Waals surface area contributed by atoms with E-state index in [0.717, 1.165) is 6.54 Å². The molecule has 0 amide bonds. The van der Waals surface area contributed by atoms with E-state index in [4.69, 9.17) is 5.26 Å². The van der Waals surface area contributed by atoms with Crippen molar-refractivity contribution >= 4 is 0 Å². The van der Waals surface area contributed by atoms with Gasteiger partial charge in [-0.25, -0.2) is 0 Å². The van der Waals surface area contributed by atoms with Crippen molar-refractivity contribution in [3.63, 3.8) is 0 Å². The van der Waals surface area contributed by atoms with Gasteiger partial charge in [0.2, 0.25) is 0 Å². The molecule has 0 unspecified atom stereocenters. The number of hydrogen-bond donors (Lipinski definition) is 1. The van der Waals surface area contributed by atoms with E-state index in [-0.39, 0.29) is 5.41 Å². The predicted molar refractivity (Wildman–Crippen MR) is 67.4 cm³/mol. The number of aryl methyl sites for hydroxylation is 2. The first-order chi connectivity index (χ1) is 7.47. The molecule has 0 aliphatic heterocycles. The Morgan fingerprint density at radius 2 is 2.00 bits per heavy atom. The van der Waals surface area contributed by atoms with Gasteiger partial charge in [-0.3, -0.25) is 0 Å². The summed E-state index contributed by atoms with van der Waals surface area (Å²) >= 11 is 0. The molecular formula is C14H20N2. The highest BCUT2D eigenvalue weighted by Gasteiger charge is 2.21. The van der Waals surface area contributed by atoms with Crippen molar-refractivity contribution in [3.8, 4) is 6.07 Å². The van der Waals surface area contributed by atoms with Gasteiger partial charge in [0, 0.05) is 12.0 Å². The normalized spacial score (nSPS) is 11.2. The van der Waals surface area contributed by atoms with Gasteiger partial charge in [-0.15, -0.1) is 0 Å². The molecule has 0 heterocycles. The highest BCUT2D eigenvalue weighted by atomic mass is 14.9. The van der Waals surface area contributed by atoms with Gasteiger partial charge in [0.05, 0.1) is 12.6 Å². The Bertz CT molecular complexity index is 400. The Kier molecular flexibility index (Phi) is 4.09. The second kappa shape index (κ2) is 5.14. The minimum absolute atomic E-state index is 0.0641. The van der Waals surface area contributed by atoms with Gasteiger partial charge in [0.25, 0.3) is 0 Å². The third kappa shape index (κ3) is 3.08. The molecule has 0 aliphatic rings. The summed E-state index contributed by atoms with van der Waals surface area (Å²) in [7, 11) is 0. The second-order valence-electron chi connectivity index (χ2n) is 4.96. The summed E-state index contributed by atoms with van der Waals surface area (Å²) in [5, 5.41) is 11.7. The second-order valence-corrected chi connectivity index (χ2v) is 4.96. The minimum Gasteiger partial charge on any atom is -0.304 e. The molecule has 0 aliphatic carbocycles. The van der Waals surface area contributed by atoms with Crippen LogP contribution in [0.25, 0.3) is 0 Å². The largest absolute Gasteiger partial charge is 0.304 e. The third-order valence-corrected chi connectivity index (χ3v) is 2.88. The van der Waals surface area contributed by atoms with Crippen LogP contribution in [0.1, 0.15) is 30.5 Å². The van der Waals surface area contributed by atoms with Crippen molar-refractivity contribution in [2.24, 2.45) is 0 Å². The first kappa shape index (κ1) is 12.7. The fraction of sp³-hybridized carbons (Fsp3) is 0.500. The molecule has 0 spiro atoms. The Morgan fingerprint density at radius 1 is 1.31 bits per heavy atom. The first-order valence-corrected chi connectivity index (χ1v) is 5.63. The summed E-state index contributed by atoms with van der Waals surface area (Å²) in [6, 6.07) is 8.65. The van der Waals surface area contributed by atoms with Gasteiger partial charge in [-0.1, -0.05) is 37.6 Å². The van der Waals surface area contributed by atoms with Gasteiger partial charge in [-0.2, -0.15) is 5.26 Å². The van der Waals surface area contributed by atoms with Crippen molar-refractivity contribution in [2.75, 3.05) is 13.1 Å². The summed E-state index contributed by atoms with van der Waals surface area (Å²) in [6.45, 7) is 9.90. The highest BCUT2D eigenvalue weighted by molar-refractivity contribution is 5.35. The van der Waals surface area contributed by atoms with Crippen LogP contribution >= 0.6 is 0 Å². The van der Waals surface area contributed by atoms with Crippen LogP contribution in [0.2, 0.25) is 0 Å². The highest BCUT2D eigenvalue weighted by Crippen LogP contribution is 2.26. The van der Waals surface area contributed by atoms with E-state index in [1.165, 1.54) is 16.7 Å². The lowest BCUT2D eigenvalue weighted by Crippen LogP contribution is -2.33. The molecule has 1 aromatic rings. The molecule has 1 aromatic carbocycles. The molecule has 0 radical (unpaired) electrons. The van der Waals surface area contributed by atoms with E-state index < -0.39 is 0 Å². The topological polar surface area (TPSA) is 35.8 Å². The van der Waals surface area contributed by atoms with Crippen molar-refractivity contribution < 1.29 is 0 Å². The number of nitriles is 1. The Morgan fingerprint density at radius 3 is 2.56 bits per heavy atom. The van der Waals surface area contributed by atoms with Crippen LogP contribution in [0.3, 0.4) is 0 Å². The van der Waals surface area contributed by atoms with E-state index in [9.17, 15) is 0 Å². The van der Waals surface area contributed by atoms with E-state index >= 15 is 0 Å². The number of benzene rings is 1. The number of rotatable bonds is 4. The van der Waals surface area contributed by atoms with Crippen molar-refractivity contribution in [1.82, 2.24) is 5.32 Å². The Hall–Kier alpha value is -1.33. The maximum Gasteiger partial charge on any atom is 0.0841 e. The molecule has 86 valence electrons. The molecule has 2 heteroatoms. The maximum absolute atomic E-state index is 8.51. The summed E-state index contributed by atoms with van der Waals surface area (Å²) in [5.74, 6) is 0. The van der Waals surface area contributed by atoms with Crippen LogP contribution in [0.15, 0.2) is 18.2 Å². The van der Waals surface area contributed by atoms with E-state index in [1.807, 2.05) is 0 Å². The monoisotopic (exact) mass is 216 g/mol. The zero-order chi connectivity index (χ0) is 12.2. The smallest absolute Gasteiger partial charge is 0.0841 e. The maximum atomic E-state index is 8.51. The standard InChI is InChI=1S/C14H20N2/c1-11-5-6-13(12(2)9-11)14(3,4)10-16-8-7-15/h5-6,9,16H,8,10H2,1-4H3. The molecule has 2 nitrogen and oxygen atoms in total. The average molecular weight is 216 g/mol. The SMILES string of the molecule is Cc1ccc(C(C)(C)CNCC#N)c(C)c1. The lowest BCUT2D eigenvalue weighted by molar-refractivity contribution is 0.482. The summed E-state index contributed by atoms with van der Waals surface area (Å²) in [4.78, 5) is 0. The van der Waals surface area contributed by atoms with Gasteiger partial charge >= 0.3 is 0 Å². The predicted octanol–water partition coefficient (Wildman–Crippen LogP) is 2.69. The Balaban J connectivity index is 2.85. The van der Waals surface area contributed by atoms with Gasteiger partial charge in [0.15, 0.2) is 0 Å². The Labute approximate surface area is 98.3 Å². The third-order valence-electron chi connectivity index (χ3n) is 2.88. The lowest BCUT2D eigenvalue weighted by atomic mass is 9.81. The quantitative estimate of drug-likeness (QED) is 0.620. The molecule has 0 saturated carbocycles. The van der Waals surface area contributed by atoms with Crippen LogP contribution in [-0.2, 0) is 5.41 Å². The number of hydrogen-bond acceptors (Lipinski definition) is 2. The first-order valence-electron chi connectivity index (χ1n) is 5.63. The average Bonchev–Trinajstić information content (AvgIpc) is 2.17. The van der Waals surface area contributed by atoms with Crippen LogP contribution in [-0.4, -0.2) is 13.1 Å². The molecule has 1 N–H and O–H groups in total. The summed E-state index contributed by atoms with van der Waals surface area (Å²) in [5.41, 5.74) is 4.03. The van der Waals surface area contributed by atoms with Gasteiger partial charge < -0.3 is 5.32 Å². The zero-order valence-electron chi connectivity index (χ0n) is 10.6. The molecule has 0 fully saturated rings. The van der Waals surface area contributed by atoms with E-state index in [0.29, 0.717) is 6.54 Å². The van der Waals surface area contributed by atoms with Gasteiger partial charge in [0.1, 0.15) is 0 Å². The van der Waals surface area contributed by atoms with Crippen LogP contribution in [0.5, 0.6) is 0 Å². The molecule has 0 atom stereocenters. The van der Waals surface area contributed by atoms with Crippen molar-refractivity contribution in [1.29, 1.82) is 5.26 Å². The minimum atomic E-state index is 0.0641. The van der Waals surface area contributed by atoms with Gasteiger partial charge in [-0.05, 0) is 25.0 Å². The van der Waals surface area contributed by atoms with Crippen LogP contribution < -0.4 is 5.32 Å². The molecule has 1 rings (SSSR count). The lowest BCUT2D eigenvalue weighted by Gasteiger charge is -2.27. The summed E-state index contributed by atoms with van der Waals surface area (Å²) < 4.78 is 0. The van der Waals surface area contributed by atoms with Crippen molar-refractivity contribution in [2.45, 2.75) is 33.1 Å². The molecule has 0 saturated heterocycles. The molecule has 0 bridgehead atoms. The fourth-order valence-corrected chi connectivity index (χ4v) is 2.10. The summed E-state index contributed by atoms with van der Waals surface area (Å²) in [6.07, 6.45) is 0. The molecular weight excluding hydrogens is 196 g/mol. The van der Waals surface area contributed by atoms with E-state index in [1.54, 1.807) is 0 Å². The molecule has 0 aromatic heterocycles. The van der Waals surface area contributed by atoms with Crippen LogP contribution in [0.4, 0.5) is 0 Å². The van der Waals surface area contributed by atoms with Crippen molar-refractivity contribution in [3.05, 3.63) is 34.9 Å². The zero-order valence-corrected chi connectivity index (χ0v) is 10.6.